The molecule has 0 spiro atoms. The highest BCUT2D eigenvalue weighted by molar-refractivity contribution is 7.98. The Morgan fingerprint density at radius 2 is 1.86 bits per heavy atom. The molecule has 1 fully saturated rings. The second-order valence-electron chi connectivity index (χ2n) is 7.06. The van der Waals surface area contributed by atoms with Crippen molar-refractivity contribution in [3.8, 4) is 15.6 Å². The molecule has 0 amide bonds. The van der Waals surface area contributed by atoms with Crippen LogP contribution in [0.4, 0.5) is 5.95 Å². The van der Waals surface area contributed by atoms with Gasteiger partial charge < -0.3 is 4.90 Å². The molecule has 5 nitrogen and oxygen atoms in total. The summed E-state index contributed by atoms with van der Waals surface area (Å²) in [6.45, 7) is 4.20. The highest BCUT2D eigenvalue weighted by Crippen LogP contribution is 2.32. The van der Waals surface area contributed by atoms with E-state index in [0.717, 1.165) is 46.3 Å². The maximum Gasteiger partial charge on any atom is 0.232 e. The molecule has 0 unspecified atom stereocenters. The lowest BCUT2D eigenvalue weighted by Crippen LogP contribution is -2.22. The zero-order valence-corrected chi connectivity index (χ0v) is 18.6. The van der Waals surface area contributed by atoms with E-state index in [0.29, 0.717) is 0 Å². The van der Waals surface area contributed by atoms with Gasteiger partial charge in [-0.15, -0.1) is 32.9 Å². The Hall–Kier alpha value is -2.16. The summed E-state index contributed by atoms with van der Waals surface area (Å²) < 4.78 is 2.20. The SMILES string of the molecule is Cc1ccc(-n2c(SCc3csc(-c4cccs4)n3)nnc2N2CCCC2)cc1. The quantitative estimate of drug-likeness (QED) is 0.363. The van der Waals surface area contributed by atoms with Crippen molar-refractivity contribution in [1.82, 2.24) is 19.7 Å². The fourth-order valence-corrected chi connectivity index (χ4v) is 6.00. The zero-order valence-electron chi connectivity index (χ0n) is 16.1. The standard InChI is InChI=1S/C21H21N5S3/c1-15-6-8-17(9-7-15)26-20(25-10-2-3-11-25)23-24-21(26)29-14-16-13-28-19(22-16)18-5-4-12-27-18/h4-9,12-13H,2-3,10-11,14H2,1H3. The lowest BCUT2D eigenvalue weighted by Gasteiger charge is -2.18. The number of aryl methyl sites for hydroxylation is 1. The molecule has 1 aliphatic rings. The maximum absolute atomic E-state index is 4.81. The number of thiophene rings is 1. The highest BCUT2D eigenvalue weighted by Gasteiger charge is 2.22. The minimum absolute atomic E-state index is 0.784. The van der Waals surface area contributed by atoms with Crippen LogP contribution in [0, 0.1) is 6.92 Å². The van der Waals surface area contributed by atoms with Crippen molar-refractivity contribution >= 4 is 40.4 Å². The predicted molar refractivity (Wildman–Crippen MR) is 123 cm³/mol. The van der Waals surface area contributed by atoms with Crippen LogP contribution in [0.5, 0.6) is 0 Å². The predicted octanol–water partition coefficient (Wildman–Crippen LogP) is 5.65. The van der Waals surface area contributed by atoms with Gasteiger partial charge in [-0.05, 0) is 43.3 Å². The molecule has 0 bridgehead atoms. The van der Waals surface area contributed by atoms with Crippen LogP contribution in [-0.4, -0.2) is 32.8 Å². The summed E-state index contributed by atoms with van der Waals surface area (Å²) in [7, 11) is 0. The molecular formula is C21H21N5S3. The van der Waals surface area contributed by atoms with E-state index in [4.69, 9.17) is 4.98 Å². The molecule has 0 atom stereocenters. The molecule has 0 N–H and O–H groups in total. The van der Waals surface area contributed by atoms with Crippen molar-refractivity contribution in [3.63, 3.8) is 0 Å². The van der Waals surface area contributed by atoms with Crippen molar-refractivity contribution in [3.05, 3.63) is 58.4 Å². The topological polar surface area (TPSA) is 46.8 Å². The van der Waals surface area contributed by atoms with Crippen LogP contribution in [0.2, 0.25) is 0 Å². The van der Waals surface area contributed by atoms with Crippen molar-refractivity contribution < 1.29 is 0 Å². The van der Waals surface area contributed by atoms with Gasteiger partial charge in [0.15, 0.2) is 5.16 Å². The lowest BCUT2D eigenvalue weighted by molar-refractivity contribution is 0.841. The fraction of sp³-hybridized carbons (Fsp3) is 0.286. The minimum Gasteiger partial charge on any atom is -0.341 e. The molecule has 148 valence electrons. The van der Waals surface area contributed by atoms with Gasteiger partial charge in [-0.25, -0.2) is 4.98 Å². The second-order valence-corrected chi connectivity index (χ2v) is 9.81. The fourth-order valence-electron chi connectivity index (χ4n) is 3.42. The smallest absolute Gasteiger partial charge is 0.232 e. The molecule has 8 heteroatoms. The summed E-state index contributed by atoms with van der Waals surface area (Å²) >= 11 is 5.14. The van der Waals surface area contributed by atoms with E-state index >= 15 is 0 Å². The number of hydrogen-bond donors (Lipinski definition) is 0. The summed E-state index contributed by atoms with van der Waals surface area (Å²) in [6, 6.07) is 12.8. The lowest BCUT2D eigenvalue weighted by atomic mass is 10.2. The molecule has 0 saturated carbocycles. The minimum atomic E-state index is 0.784. The molecule has 29 heavy (non-hydrogen) atoms. The summed E-state index contributed by atoms with van der Waals surface area (Å²) in [5, 5.41) is 15.4. The van der Waals surface area contributed by atoms with E-state index in [1.54, 1.807) is 34.4 Å². The zero-order chi connectivity index (χ0) is 19.6. The molecule has 5 rings (SSSR count). The number of aromatic nitrogens is 4. The van der Waals surface area contributed by atoms with Crippen LogP contribution in [0.15, 0.2) is 52.3 Å². The number of hydrogen-bond acceptors (Lipinski definition) is 7. The molecule has 0 aliphatic carbocycles. The van der Waals surface area contributed by atoms with Gasteiger partial charge in [0.2, 0.25) is 5.95 Å². The maximum atomic E-state index is 4.81. The third kappa shape index (κ3) is 3.97. The van der Waals surface area contributed by atoms with Gasteiger partial charge in [0, 0.05) is 24.2 Å². The molecule has 4 heterocycles. The summed E-state index contributed by atoms with van der Waals surface area (Å²) in [4.78, 5) is 8.38. The Morgan fingerprint density at radius 3 is 2.62 bits per heavy atom. The largest absolute Gasteiger partial charge is 0.341 e. The molecule has 4 aromatic rings. The molecule has 1 aliphatic heterocycles. The van der Waals surface area contributed by atoms with E-state index in [1.165, 1.54) is 23.3 Å². The highest BCUT2D eigenvalue weighted by atomic mass is 32.2. The monoisotopic (exact) mass is 439 g/mol. The van der Waals surface area contributed by atoms with Gasteiger partial charge in [0.1, 0.15) is 5.01 Å². The van der Waals surface area contributed by atoms with Gasteiger partial charge >= 0.3 is 0 Å². The van der Waals surface area contributed by atoms with Crippen LogP contribution >= 0.6 is 34.4 Å². The van der Waals surface area contributed by atoms with Crippen LogP contribution in [0.25, 0.3) is 15.6 Å². The first-order valence-electron chi connectivity index (χ1n) is 9.66. The van der Waals surface area contributed by atoms with Crippen molar-refractivity contribution in [1.29, 1.82) is 0 Å². The van der Waals surface area contributed by atoms with Crippen LogP contribution in [-0.2, 0) is 5.75 Å². The Bertz CT molecular complexity index is 1080. The normalized spacial score (nSPS) is 14.0. The first kappa shape index (κ1) is 18.8. The van der Waals surface area contributed by atoms with Gasteiger partial charge in [-0.1, -0.05) is 35.5 Å². The summed E-state index contributed by atoms with van der Waals surface area (Å²) in [5.74, 6) is 1.73. The van der Waals surface area contributed by atoms with Gasteiger partial charge in [0.05, 0.1) is 16.3 Å². The van der Waals surface area contributed by atoms with E-state index in [1.807, 2.05) is 0 Å². The van der Waals surface area contributed by atoms with Crippen LogP contribution in [0.1, 0.15) is 24.1 Å². The molecule has 0 radical (unpaired) electrons. The van der Waals surface area contributed by atoms with Gasteiger partial charge in [-0.3, -0.25) is 4.57 Å². The van der Waals surface area contributed by atoms with E-state index in [-0.39, 0.29) is 0 Å². The summed E-state index contributed by atoms with van der Waals surface area (Å²) in [6.07, 6.45) is 2.43. The van der Waals surface area contributed by atoms with Crippen LogP contribution in [0.3, 0.4) is 0 Å². The Balaban J connectivity index is 1.41. The van der Waals surface area contributed by atoms with E-state index in [2.05, 4.69) is 73.7 Å². The Kier molecular flexibility index (Phi) is 5.39. The Labute approximate surface area is 182 Å². The number of benzene rings is 1. The first-order valence-corrected chi connectivity index (χ1v) is 12.4. The third-order valence-corrected chi connectivity index (χ3v) is 7.82. The van der Waals surface area contributed by atoms with Crippen molar-refractivity contribution in [2.45, 2.75) is 30.7 Å². The van der Waals surface area contributed by atoms with Crippen molar-refractivity contribution in [2.24, 2.45) is 0 Å². The number of thioether (sulfide) groups is 1. The average molecular weight is 440 g/mol. The third-order valence-electron chi connectivity index (χ3n) is 4.93. The number of nitrogens with zero attached hydrogens (tertiary/aromatic N) is 5. The van der Waals surface area contributed by atoms with Gasteiger partial charge in [0.25, 0.3) is 0 Å². The molecule has 1 aromatic carbocycles. The second kappa shape index (κ2) is 8.30. The number of thiazole rings is 1. The number of anilines is 1. The van der Waals surface area contributed by atoms with Crippen LogP contribution < -0.4 is 4.90 Å². The first-order chi connectivity index (χ1) is 14.3. The van der Waals surface area contributed by atoms with E-state index in [9.17, 15) is 0 Å². The molecule has 1 saturated heterocycles. The summed E-state index contributed by atoms with van der Waals surface area (Å²) in [5.41, 5.74) is 3.45. The number of rotatable bonds is 6. The average Bonchev–Trinajstić information content (AvgIpc) is 3.54. The van der Waals surface area contributed by atoms with Gasteiger partial charge in [-0.2, -0.15) is 0 Å². The molecule has 3 aromatic heterocycles. The van der Waals surface area contributed by atoms with E-state index < -0.39 is 0 Å². The Morgan fingerprint density at radius 1 is 1.03 bits per heavy atom. The molecular weight excluding hydrogens is 418 g/mol. The van der Waals surface area contributed by atoms with Crippen molar-refractivity contribution in [2.75, 3.05) is 18.0 Å².